The third kappa shape index (κ3) is 4.13. The number of benzene rings is 2. The van der Waals surface area contributed by atoms with Gasteiger partial charge in [0.05, 0.1) is 4.90 Å². The van der Waals surface area contributed by atoms with E-state index in [2.05, 4.69) is 9.38 Å². The second-order valence-corrected chi connectivity index (χ2v) is 8.04. The number of halogens is 1. The van der Waals surface area contributed by atoms with Crippen LogP contribution in [0.15, 0.2) is 76.3 Å². The van der Waals surface area contributed by atoms with Crippen molar-refractivity contribution in [2.75, 3.05) is 0 Å². The van der Waals surface area contributed by atoms with Gasteiger partial charge in [0, 0.05) is 23.0 Å². The average Bonchev–Trinajstić information content (AvgIpc) is 2.65. The van der Waals surface area contributed by atoms with Gasteiger partial charge in [-0.2, -0.15) is 8.42 Å². The maximum atomic E-state index is 12.7. The highest BCUT2D eigenvalue weighted by atomic mass is 35.5. The number of nitrogens with two attached hydrogens (primary N) is 1. The standard InChI is InChI=1S/C19H17ClN4O3S/c1-13-7-9-14(10-8-13)28(26,27)23-19-22-11-4-12-24(19)17(18(21)25)15-5-2-3-6-16(15)20/h2-12,17H,1H3,(H2,21,25)/b23-19+. The molecule has 9 heteroatoms. The molecule has 0 radical (unpaired) electrons. The lowest BCUT2D eigenvalue weighted by molar-refractivity contribution is -0.120. The molecular weight excluding hydrogens is 400 g/mol. The van der Waals surface area contributed by atoms with Gasteiger partial charge in [0.2, 0.25) is 11.5 Å². The lowest BCUT2D eigenvalue weighted by atomic mass is 10.1. The van der Waals surface area contributed by atoms with Gasteiger partial charge in [-0.25, -0.2) is 4.98 Å². The van der Waals surface area contributed by atoms with E-state index >= 15 is 0 Å². The first-order chi connectivity index (χ1) is 13.3. The predicted molar refractivity (Wildman–Crippen MR) is 105 cm³/mol. The van der Waals surface area contributed by atoms with Crippen LogP contribution in [0.4, 0.5) is 0 Å². The number of aromatic nitrogens is 2. The second-order valence-electron chi connectivity index (χ2n) is 6.03. The number of rotatable bonds is 5. The maximum absolute atomic E-state index is 12.7. The van der Waals surface area contributed by atoms with Crippen LogP contribution in [-0.4, -0.2) is 23.9 Å². The number of hydrogen-bond acceptors (Lipinski definition) is 4. The van der Waals surface area contributed by atoms with Crippen LogP contribution in [-0.2, 0) is 14.8 Å². The molecule has 1 atom stereocenters. The zero-order valence-electron chi connectivity index (χ0n) is 14.9. The summed E-state index contributed by atoms with van der Waals surface area (Å²) in [5.41, 5.74) is 6.74. The lowest BCUT2D eigenvalue weighted by Crippen LogP contribution is -2.36. The van der Waals surface area contributed by atoms with Crippen LogP contribution in [0.2, 0.25) is 5.02 Å². The molecule has 1 amide bonds. The van der Waals surface area contributed by atoms with Gasteiger partial charge in [0.15, 0.2) is 0 Å². The molecular formula is C19H17ClN4O3S. The molecule has 1 unspecified atom stereocenters. The van der Waals surface area contributed by atoms with Gasteiger partial charge in [-0.15, -0.1) is 4.40 Å². The summed E-state index contributed by atoms with van der Waals surface area (Å²) in [6, 6.07) is 13.4. The molecule has 0 aliphatic carbocycles. The van der Waals surface area contributed by atoms with Crippen LogP contribution in [0.25, 0.3) is 0 Å². The van der Waals surface area contributed by atoms with Crippen molar-refractivity contribution >= 4 is 27.5 Å². The topological polar surface area (TPSA) is 107 Å². The van der Waals surface area contributed by atoms with E-state index < -0.39 is 22.0 Å². The Morgan fingerprint density at radius 2 is 1.82 bits per heavy atom. The second kappa shape index (κ2) is 7.95. The Morgan fingerprint density at radius 3 is 2.46 bits per heavy atom. The summed E-state index contributed by atoms with van der Waals surface area (Å²) >= 11 is 6.22. The number of carbonyl (C=O) groups is 1. The van der Waals surface area contributed by atoms with Crippen LogP contribution in [0.1, 0.15) is 17.2 Å². The first-order valence-electron chi connectivity index (χ1n) is 8.24. The number of sulfonamides is 1. The number of amides is 1. The molecule has 0 bridgehead atoms. The molecule has 2 N–H and O–H groups in total. The van der Waals surface area contributed by atoms with E-state index in [1.807, 2.05) is 6.92 Å². The quantitative estimate of drug-likeness (QED) is 0.687. The molecule has 0 aliphatic rings. The van der Waals surface area contributed by atoms with E-state index in [9.17, 15) is 13.2 Å². The zero-order chi connectivity index (χ0) is 20.3. The van der Waals surface area contributed by atoms with Crippen molar-refractivity contribution in [1.29, 1.82) is 0 Å². The Bertz CT molecular complexity index is 1190. The highest BCUT2D eigenvalue weighted by Crippen LogP contribution is 2.24. The molecule has 7 nitrogen and oxygen atoms in total. The van der Waals surface area contributed by atoms with Gasteiger partial charge in [0.25, 0.3) is 10.0 Å². The fraction of sp³-hybridized carbons (Fsp3) is 0.105. The molecule has 3 rings (SSSR count). The summed E-state index contributed by atoms with van der Waals surface area (Å²) in [6.07, 6.45) is 2.86. The van der Waals surface area contributed by atoms with Crippen LogP contribution in [0, 0.1) is 6.92 Å². The highest BCUT2D eigenvalue weighted by Gasteiger charge is 2.24. The van der Waals surface area contributed by atoms with Gasteiger partial charge in [-0.05, 0) is 31.2 Å². The maximum Gasteiger partial charge on any atom is 0.285 e. The highest BCUT2D eigenvalue weighted by molar-refractivity contribution is 7.90. The van der Waals surface area contributed by atoms with Crippen molar-refractivity contribution in [3.05, 3.63) is 88.8 Å². The molecule has 0 aliphatic heterocycles. The number of primary amides is 1. The first-order valence-corrected chi connectivity index (χ1v) is 10.1. The summed E-state index contributed by atoms with van der Waals surface area (Å²) in [4.78, 5) is 16.3. The van der Waals surface area contributed by atoms with Crippen molar-refractivity contribution in [3.63, 3.8) is 0 Å². The van der Waals surface area contributed by atoms with Gasteiger partial charge in [0.1, 0.15) is 6.04 Å². The minimum atomic E-state index is -4.05. The largest absolute Gasteiger partial charge is 0.368 e. The zero-order valence-corrected chi connectivity index (χ0v) is 16.4. The minimum Gasteiger partial charge on any atom is -0.368 e. The van der Waals surface area contributed by atoms with Gasteiger partial charge in [-0.1, -0.05) is 47.5 Å². The first kappa shape index (κ1) is 19.8. The molecule has 144 valence electrons. The SMILES string of the molecule is Cc1ccc(S(=O)(=O)/N=c2\ncccn2C(C(N)=O)c2ccccc2Cl)cc1. The van der Waals surface area contributed by atoms with Crippen molar-refractivity contribution in [2.45, 2.75) is 17.9 Å². The molecule has 1 aromatic heterocycles. The smallest absolute Gasteiger partial charge is 0.285 e. The third-order valence-corrected chi connectivity index (χ3v) is 5.64. The Hall–Kier alpha value is -2.97. The Balaban J connectivity index is 2.20. The fourth-order valence-electron chi connectivity index (χ4n) is 2.65. The third-order valence-electron chi connectivity index (χ3n) is 4.02. The molecule has 0 saturated heterocycles. The van der Waals surface area contributed by atoms with Gasteiger partial charge >= 0.3 is 0 Å². The minimum absolute atomic E-state index is 0.0173. The number of aryl methyl sites for hydroxylation is 1. The molecule has 0 saturated carbocycles. The molecule has 2 aromatic carbocycles. The van der Waals surface area contributed by atoms with Crippen LogP contribution in [0.5, 0.6) is 0 Å². The van der Waals surface area contributed by atoms with Gasteiger partial charge in [-0.3, -0.25) is 9.36 Å². The fourth-order valence-corrected chi connectivity index (χ4v) is 3.83. The van der Waals surface area contributed by atoms with Crippen molar-refractivity contribution in [3.8, 4) is 0 Å². The number of carbonyl (C=O) groups excluding carboxylic acids is 1. The van der Waals surface area contributed by atoms with E-state index in [-0.39, 0.29) is 10.5 Å². The Labute approximate surface area is 167 Å². The molecule has 1 heterocycles. The summed E-state index contributed by atoms with van der Waals surface area (Å²) in [5.74, 6) is -0.727. The Morgan fingerprint density at radius 1 is 1.14 bits per heavy atom. The number of hydrogen-bond donors (Lipinski definition) is 1. The van der Waals surface area contributed by atoms with E-state index in [1.54, 1.807) is 42.5 Å². The monoisotopic (exact) mass is 416 g/mol. The summed E-state index contributed by atoms with van der Waals surface area (Å²) in [5, 5.41) is 0.315. The van der Waals surface area contributed by atoms with Crippen molar-refractivity contribution < 1.29 is 13.2 Å². The normalized spacial score (nSPS) is 13.3. The van der Waals surface area contributed by atoms with E-state index in [1.165, 1.54) is 29.1 Å². The summed E-state index contributed by atoms with van der Waals surface area (Å²) < 4.78 is 30.5. The van der Waals surface area contributed by atoms with E-state index in [0.717, 1.165) is 5.56 Å². The van der Waals surface area contributed by atoms with Crippen molar-refractivity contribution in [1.82, 2.24) is 9.55 Å². The lowest BCUT2D eigenvalue weighted by Gasteiger charge is -2.18. The van der Waals surface area contributed by atoms with Crippen molar-refractivity contribution in [2.24, 2.45) is 10.1 Å². The van der Waals surface area contributed by atoms with Gasteiger partial charge < -0.3 is 5.73 Å². The molecule has 0 spiro atoms. The van der Waals surface area contributed by atoms with Crippen LogP contribution < -0.4 is 11.4 Å². The summed E-state index contributed by atoms with van der Waals surface area (Å²) in [6.45, 7) is 1.85. The Kier molecular flexibility index (Phi) is 5.62. The van der Waals surface area contributed by atoms with Crippen LogP contribution in [0.3, 0.4) is 0 Å². The summed E-state index contributed by atoms with van der Waals surface area (Å²) in [7, 11) is -4.05. The van der Waals surface area contributed by atoms with Crippen LogP contribution >= 0.6 is 11.6 Å². The molecule has 28 heavy (non-hydrogen) atoms. The molecule has 3 aromatic rings. The average molecular weight is 417 g/mol. The number of nitrogens with zero attached hydrogens (tertiary/aromatic N) is 3. The van der Waals surface area contributed by atoms with E-state index in [0.29, 0.717) is 10.6 Å². The predicted octanol–water partition coefficient (Wildman–Crippen LogP) is 2.21. The molecule has 0 fully saturated rings. The van der Waals surface area contributed by atoms with E-state index in [4.69, 9.17) is 17.3 Å².